The number of oxazole rings is 1. The topological polar surface area (TPSA) is 66.1 Å². The van der Waals surface area contributed by atoms with E-state index in [0.29, 0.717) is 24.8 Å². The second kappa shape index (κ2) is 13.0. The average molecular weight is 559 g/mol. The van der Waals surface area contributed by atoms with Crippen molar-refractivity contribution in [2.75, 3.05) is 46.9 Å². The Labute approximate surface area is 207 Å². The fourth-order valence-corrected chi connectivity index (χ4v) is 3.70. The van der Waals surface area contributed by atoms with Gasteiger partial charge in [-0.1, -0.05) is 0 Å². The van der Waals surface area contributed by atoms with Crippen LogP contribution in [-0.2, 0) is 6.54 Å². The van der Waals surface area contributed by atoms with Crippen LogP contribution in [0.25, 0.3) is 0 Å². The Morgan fingerprint density at radius 1 is 1.28 bits per heavy atom. The summed E-state index contributed by atoms with van der Waals surface area (Å²) in [7, 11) is 3.79. The molecule has 1 aromatic heterocycles. The summed E-state index contributed by atoms with van der Waals surface area (Å²) in [6.45, 7) is 8.92. The number of nitrogens with one attached hydrogen (secondary N) is 1. The van der Waals surface area contributed by atoms with Gasteiger partial charge in [0.05, 0.1) is 18.8 Å². The zero-order valence-electron chi connectivity index (χ0n) is 19.4. The highest BCUT2D eigenvalue weighted by Gasteiger charge is 2.21. The van der Waals surface area contributed by atoms with Gasteiger partial charge in [-0.25, -0.2) is 9.37 Å². The molecule has 2 heterocycles. The van der Waals surface area contributed by atoms with Gasteiger partial charge in [-0.3, -0.25) is 9.89 Å². The monoisotopic (exact) mass is 559 g/mol. The van der Waals surface area contributed by atoms with E-state index in [2.05, 4.69) is 20.2 Å². The van der Waals surface area contributed by atoms with Crippen LogP contribution < -0.4 is 10.1 Å². The molecule has 1 fully saturated rings. The van der Waals surface area contributed by atoms with Gasteiger partial charge >= 0.3 is 0 Å². The third kappa shape index (κ3) is 7.91. The molecule has 0 aliphatic carbocycles. The lowest BCUT2D eigenvalue weighted by Crippen LogP contribution is -2.44. The van der Waals surface area contributed by atoms with Crippen LogP contribution >= 0.6 is 24.0 Å². The first-order valence-electron chi connectivity index (χ1n) is 10.9. The van der Waals surface area contributed by atoms with E-state index < -0.39 is 0 Å². The van der Waals surface area contributed by atoms with Crippen LogP contribution in [0.5, 0.6) is 5.75 Å². The lowest BCUT2D eigenvalue weighted by Gasteiger charge is -2.32. The SMILES string of the molecule is CN=C(NCC1CCN(Cc2nc(C)c(C)o2)CC1)N(C)CCOc1ccc(F)cc1.I. The zero-order valence-corrected chi connectivity index (χ0v) is 21.8. The third-order valence-corrected chi connectivity index (χ3v) is 5.77. The van der Waals surface area contributed by atoms with Gasteiger partial charge in [-0.2, -0.15) is 0 Å². The van der Waals surface area contributed by atoms with Gasteiger partial charge in [0.1, 0.15) is 23.9 Å². The number of benzene rings is 1. The lowest BCUT2D eigenvalue weighted by molar-refractivity contribution is 0.163. The summed E-state index contributed by atoms with van der Waals surface area (Å²) in [5.41, 5.74) is 0.979. The molecular formula is C23H35FIN5O2. The highest BCUT2D eigenvalue weighted by molar-refractivity contribution is 14.0. The van der Waals surface area contributed by atoms with Gasteiger partial charge in [-0.15, -0.1) is 24.0 Å². The van der Waals surface area contributed by atoms with E-state index in [1.807, 2.05) is 25.8 Å². The van der Waals surface area contributed by atoms with E-state index in [1.54, 1.807) is 19.2 Å². The number of ether oxygens (including phenoxy) is 1. The van der Waals surface area contributed by atoms with Crippen molar-refractivity contribution in [3.63, 3.8) is 0 Å². The molecule has 3 rings (SSSR count). The number of likely N-dealkylation sites (N-methyl/N-ethyl adjacent to an activating group) is 1. The molecule has 9 heteroatoms. The molecule has 1 aliphatic rings. The maximum atomic E-state index is 13.0. The smallest absolute Gasteiger partial charge is 0.208 e. The van der Waals surface area contributed by atoms with E-state index in [1.165, 1.54) is 12.1 Å². The number of hydrogen-bond acceptors (Lipinski definition) is 5. The van der Waals surface area contributed by atoms with Crippen molar-refractivity contribution < 1.29 is 13.5 Å². The summed E-state index contributed by atoms with van der Waals surface area (Å²) < 4.78 is 24.4. The first-order chi connectivity index (χ1) is 14.9. The Morgan fingerprint density at radius 3 is 2.56 bits per heavy atom. The average Bonchev–Trinajstić information content (AvgIpc) is 3.08. The van der Waals surface area contributed by atoms with Crippen molar-refractivity contribution >= 4 is 29.9 Å². The molecule has 178 valence electrons. The lowest BCUT2D eigenvalue weighted by atomic mass is 9.97. The molecule has 0 unspecified atom stereocenters. The molecule has 0 atom stereocenters. The van der Waals surface area contributed by atoms with Crippen LogP contribution in [-0.4, -0.2) is 67.6 Å². The molecule has 0 radical (unpaired) electrons. The predicted octanol–water partition coefficient (Wildman–Crippen LogP) is 3.85. The Morgan fingerprint density at radius 2 is 1.97 bits per heavy atom. The van der Waals surface area contributed by atoms with Crippen molar-refractivity contribution in [3.05, 3.63) is 47.4 Å². The highest BCUT2D eigenvalue weighted by atomic mass is 127. The van der Waals surface area contributed by atoms with Crippen molar-refractivity contribution in [2.45, 2.75) is 33.2 Å². The molecule has 32 heavy (non-hydrogen) atoms. The molecule has 0 saturated carbocycles. The quantitative estimate of drug-likeness (QED) is 0.301. The van der Waals surface area contributed by atoms with Gasteiger partial charge in [-0.05, 0) is 70.0 Å². The fourth-order valence-electron chi connectivity index (χ4n) is 3.70. The molecule has 1 N–H and O–H groups in total. The summed E-state index contributed by atoms with van der Waals surface area (Å²) in [6.07, 6.45) is 2.28. The largest absolute Gasteiger partial charge is 0.492 e. The number of halogens is 2. The number of guanidine groups is 1. The van der Waals surface area contributed by atoms with Crippen molar-refractivity contribution in [3.8, 4) is 5.75 Å². The Bertz CT molecular complexity index is 831. The predicted molar refractivity (Wildman–Crippen MR) is 135 cm³/mol. The standard InChI is InChI=1S/C23H34FN5O2.HI/c1-17-18(2)31-22(27-17)16-29-11-9-19(10-12-29)15-26-23(25-3)28(4)13-14-30-21-7-5-20(24)6-8-21;/h5-8,19H,9-16H2,1-4H3,(H,25,26);1H. The molecule has 1 aromatic carbocycles. The van der Waals surface area contributed by atoms with Gasteiger partial charge in [0, 0.05) is 20.6 Å². The Hall–Kier alpha value is -1.88. The normalized spacial score (nSPS) is 15.3. The fraction of sp³-hybridized carbons (Fsp3) is 0.565. The van der Waals surface area contributed by atoms with E-state index in [-0.39, 0.29) is 29.8 Å². The highest BCUT2D eigenvalue weighted by Crippen LogP contribution is 2.19. The number of piperidine rings is 1. The number of aliphatic imine (C=N–C) groups is 1. The van der Waals surface area contributed by atoms with E-state index >= 15 is 0 Å². The van der Waals surface area contributed by atoms with Crippen LogP contribution in [0.15, 0.2) is 33.7 Å². The molecule has 7 nitrogen and oxygen atoms in total. The minimum Gasteiger partial charge on any atom is -0.492 e. The first-order valence-corrected chi connectivity index (χ1v) is 10.9. The second-order valence-electron chi connectivity index (χ2n) is 8.12. The number of aryl methyl sites for hydroxylation is 2. The van der Waals surface area contributed by atoms with Crippen LogP contribution in [0.1, 0.15) is 30.2 Å². The van der Waals surface area contributed by atoms with Gasteiger partial charge in [0.25, 0.3) is 0 Å². The van der Waals surface area contributed by atoms with Crippen LogP contribution in [0.4, 0.5) is 4.39 Å². The summed E-state index contributed by atoms with van der Waals surface area (Å²) in [5, 5.41) is 3.49. The van der Waals surface area contributed by atoms with Crippen molar-refractivity contribution in [2.24, 2.45) is 10.9 Å². The van der Waals surface area contributed by atoms with E-state index in [9.17, 15) is 4.39 Å². The second-order valence-corrected chi connectivity index (χ2v) is 8.12. The molecule has 0 bridgehead atoms. The zero-order chi connectivity index (χ0) is 22.2. The molecule has 0 spiro atoms. The number of hydrogen-bond donors (Lipinski definition) is 1. The molecular weight excluding hydrogens is 524 g/mol. The summed E-state index contributed by atoms with van der Waals surface area (Å²) >= 11 is 0. The summed E-state index contributed by atoms with van der Waals surface area (Å²) in [4.78, 5) is 13.3. The van der Waals surface area contributed by atoms with E-state index in [0.717, 1.165) is 62.3 Å². The van der Waals surface area contributed by atoms with E-state index in [4.69, 9.17) is 9.15 Å². The Balaban J connectivity index is 0.00000363. The molecule has 1 aliphatic heterocycles. The van der Waals surface area contributed by atoms with Crippen molar-refractivity contribution in [1.29, 1.82) is 0 Å². The number of aromatic nitrogens is 1. The minimum atomic E-state index is -0.261. The number of rotatable bonds is 8. The van der Waals surface area contributed by atoms with Crippen LogP contribution in [0, 0.1) is 25.6 Å². The van der Waals surface area contributed by atoms with Crippen LogP contribution in [0.3, 0.4) is 0 Å². The first kappa shape index (κ1) is 26.4. The maximum Gasteiger partial charge on any atom is 0.208 e. The minimum absolute atomic E-state index is 0. The number of likely N-dealkylation sites (tertiary alicyclic amines) is 1. The van der Waals surface area contributed by atoms with Crippen LogP contribution in [0.2, 0.25) is 0 Å². The molecule has 0 amide bonds. The molecule has 1 saturated heterocycles. The van der Waals surface area contributed by atoms with Crippen molar-refractivity contribution in [1.82, 2.24) is 20.1 Å². The van der Waals surface area contributed by atoms with Gasteiger partial charge in [0.2, 0.25) is 5.89 Å². The summed E-state index contributed by atoms with van der Waals surface area (Å²) in [6, 6.07) is 6.08. The van der Waals surface area contributed by atoms with Gasteiger partial charge < -0.3 is 19.4 Å². The number of nitrogens with zero attached hydrogens (tertiary/aromatic N) is 4. The summed E-state index contributed by atoms with van der Waals surface area (Å²) in [5.74, 6) is 3.60. The third-order valence-electron chi connectivity index (χ3n) is 5.77. The Kier molecular flexibility index (Phi) is 10.7. The maximum absolute atomic E-state index is 13.0. The molecule has 2 aromatic rings. The van der Waals surface area contributed by atoms with Gasteiger partial charge in [0.15, 0.2) is 5.96 Å².